The first-order valence-electron chi connectivity index (χ1n) is 7.76. The molecule has 1 aliphatic carbocycles. The van der Waals surface area contributed by atoms with Gasteiger partial charge in [0.05, 0.1) is 23.1 Å². The van der Waals surface area contributed by atoms with E-state index >= 15 is 0 Å². The number of halogens is 3. The molecule has 128 valence electrons. The van der Waals surface area contributed by atoms with Crippen molar-refractivity contribution in [2.24, 2.45) is 0 Å². The van der Waals surface area contributed by atoms with E-state index in [9.17, 15) is 13.2 Å². The Morgan fingerprint density at radius 1 is 1.16 bits per heavy atom. The van der Waals surface area contributed by atoms with Crippen molar-refractivity contribution in [3.05, 3.63) is 48.2 Å². The van der Waals surface area contributed by atoms with Crippen molar-refractivity contribution in [1.82, 2.24) is 25.4 Å². The second-order valence-electron chi connectivity index (χ2n) is 5.98. The molecule has 0 radical (unpaired) electrons. The summed E-state index contributed by atoms with van der Waals surface area (Å²) >= 11 is 0. The van der Waals surface area contributed by atoms with Crippen LogP contribution in [0.15, 0.2) is 31.2 Å². The van der Waals surface area contributed by atoms with Gasteiger partial charge < -0.3 is 0 Å². The quantitative estimate of drug-likeness (QED) is 0.736. The van der Waals surface area contributed by atoms with Gasteiger partial charge in [0.15, 0.2) is 5.69 Å². The first kappa shape index (κ1) is 15.6. The molecule has 0 atom stereocenters. The van der Waals surface area contributed by atoms with E-state index in [0.717, 1.165) is 35.2 Å². The Bertz CT molecular complexity index is 934. The van der Waals surface area contributed by atoms with Gasteiger partial charge in [-0.25, -0.2) is 0 Å². The van der Waals surface area contributed by atoms with Crippen LogP contribution in [0.25, 0.3) is 28.5 Å². The van der Waals surface area contributed by atoms with Crippen molar-refractivity contribution in [3.8, 4) is 22.4 Å². The molecule has 0 aromatic carbocycles. The number of nitrogens with one attached hydrogen (secondary N) is 2. The van der Waals surface area contributed by atoms with E-state index in [-0.39, 0.29) is 11.3 Å². The van der Waals surface area contributed by atoms with Crippen LogP contribution in [0, 0.1) is 0 Å². The highest BCUT2D eigenvalue weighted by Crippen LogP contribution is 2.46. The van der Waals surface area contributed by atoms with Gasteiger partial charge in [-0.2, -0.15) is 23.4 Å². The monoisotopic (exact) mass is 345 g/mol. The molecule has 0 bridgehead atoms. The van der Waals surface area contributed by atoms with Gasteiger partial charge in [-0.1, -0.05) is 6.58 Å². The van der Waals surface area contributed by atoms with E-state index in [1.807, 2.05) is 0 Å². The van der Waals surface area contributed by atoms with Crippen LogP contribution in [0.2, 0.25) is 0 Å². The largest absolute Gasteiger partial charge is 0.435 e. The summed E-state index contributed by atoms with van der Waals surface area (Å²) < 4.78 is 39.3. The van der Waals surface area contributed by atoms with Gasteiger partial charge in [-0.3, -0.25) is 15.2 Å². The number of alkyl halides is 3. The predicted octanol–water partition coefficient (Wildman–Crippen LogP) is 4.40. The number of hydrogen-bond donors (Lipinski definition) is 2. The summed E-state index contributed by atoms with van der Waals surface area (Å²) in [6.45, 7) is 3.75. The van der Waals surface area contributed by atoms with Crippen molar-refractivity contribution < 1.29 is 13.2 Å². The molecule has 0 aliphatic heterocycles. The number of nitrogens with zero attached hydrogens (tertiary/aromatic N) is 3. The minimum atomic E-state index is -4.53. The van der Waals surface area contributed by atoms with E-state index in [1.165, 1.54) is 6.20 Å². The summed E-state index contributed by atoms with van der Waals surface area (Å²) in [6.07, 6.45) is 3.66. The fourth-order valence-electron chi connectivity index (χ4n) is 2.94. The second kappa shape index (κ2) is 5.58. The van der Waals surface area contributed by atoms with E-state index in [2.05, 4.69) is 32.0 Å². The van der Waals surface area contributed by atoms with E-state index < -0.39 is 11.9 Å². The summed E-state index contributed by atoms with van der Waals surface area (Å²) in [5, 5.41) is 12.5. The Morgan fingerprint density at radius 2 is 1.96 bits per heavy atom. The van der Waals surface area contributed by atoms with Gasteiger partial charge in [0.25, 0.3) is 0 Å². The molecule has 1 saturated carbocycles. The molecule has 4 rings (SSSR count). The molecule has 3 aromatic rings. The topological polar surface area (TPSA) is 70.2 Å². The van der Waals surface area contributed by atoms with Crippen LogP contribution < -0.4 is 0 Å². The van der Waals surface area contributed by atoms with Crippen molar-refractivity contribution in [2.45, 2.75) is 24.9 Å². The summed E-state index contributed by atoms with van der Waals surface area (Å²) in [6, 6.07) is 1.73. The van der Waals surface area contributed by atoms with Gasteiger partial charge in [-0.05, 0) is 36.5 Å². The second-order valence-corrected chi connectivity index (χ2v) is 5.98. The molecule has 3 heterocycles. The van der Waals surface area contributed by atoms with Crippen LogP contribution in [0.5, 0.6) is 0 Å². The molecule has 5 nitrogen and oxygen atoms in total. The Labute approximate surface area is 141 Å². The van der Waals surface area contributed by atoms with Crippen LogP contribution in [-0.4, -0.2) is 25.4 Å². The molecular weight excluding hydrogens is 331 g/mol. The Kier molecular flexibility index (Phi) is 3.48. The highest BCUT2D eigenvalue weighted by Gasteiger charge is 2.37. The molecule has 8 heteroatoms. The van der Waals surface area contributed by atoms with Gasteiger partial charge in [0, 0.05) is 23.5 Å². The standard InChI is InChI=1S/C17H14F3N5/c1-2-14-12(7-22-24-14)11-6-21-15(5-10(11)9-3-4-9)13-8-23-25-16(13)17(18,19)20/h2,5-9H,1,3-4H2,(H,22,24)(H,23,25). The number of hydrogen-bond acceptors (Lipinski definition) is 3. The zero-order valence-corrected chi connectivity index (χ0v) is 13.1. The maximum absolute atomic E-state index is 13.1. The fraction of sp³-hybridized carbons (Fsp3) is 0.235. The number of aromatic nitrogens is 5. The van der Waals surface area contributed by atoms with Gasteiger partial charge in [-0.15, -0.1) is 0 Å². The summed E-state index contributed by atoms with van der Waals surface area (Å²) in [7, 11) is 0. The smallest absolute Gasteiger partial charge is 0.284 e. The lowest BCUT2D eigenvalue weighted by atomic mass is 9.97. The third kappa shape index (κ3) is 2.73. The third-order valence-corrected chi connectivity index (χ3v) is 4.30. The highest BCUT2D eigenvalue weighted by atomic mass is 19.4. The summed E-state index contributed by atoms with van der Waals surface area (Å²) in [5.41, 5.74) is 2.71. The molecule has 0 saturated heterocycles. The average molecular weight is 345 g/mol. The molecule has 0 amide bonds. The molecular formula is C17H14F3N5. The SMILES string of the molecule is C=Cc1[nH]ncc1-c1cnc(-c2c[nH]nc2C(F)(F)F)cc1C1CC1. The molecule has 0 unspecified atom stereocenters. The van der Waals surface area contributed by atoms with Crippen molar-refractivity contribution in [3.63, 3.8) is 0 Å². The maximum atomic E-state index is 13.1. The minimum Gasteiger partial charge on any atom is -0.284 e. The van der Waals surface area contributed by atoms with Crippen LogP contribution in [0.1, 0.15) is 35.7 Å². The van der Waals surface area contributed by atoms with Crippen LogP contribution >= 0.6 is 0 Å². The Balaban J connectivity index is 1.85. The first-order chi connectivity index (χ1) is 12.0. The van der Waals surface area contributed by atoms with E-state index in [0.29, 0.717) is 5.92 Å². The Hall–Kier alpha value is -2.90. The number of pyridine rings is 1. The van der Waals surface area contributed by atoms with E-state index in [4.69, 9.17) is 0 Å². The molecule has 0 spiro atoms. The molecule has 25 heavy (non-hydrogen) atoms. The fourth-order valence-corrected chi connectivity index (χ4v) is 2.94. The summed E-state index contributed by atoms with van der Waals surface area (Å²) in [4.78, 5) is 4.26. The van der Waals surface area contributed by atoms with Crippen molar-refractivity contribution in [1.29, 1.82) is 0 Å². The molecule has 3 aromatic heterocycles. The maximum Gasteiger partial charge on any atom is 0.435 e. The first-order valence-corrected chi connectivity index (χ1v) is 7.76. The lowest BCUT2D eigenvalue weighted by molar-refractivity contribution is -0.140. The van der Waals surface area contributed by atoms with Crippen molar-refractivity contribution in [2.75, 3.05) is 0 Å². The lowest BCUT2D eigenvalue weighted by Gasteiger charge is -2.11. The van der Waals surface area contributed by atoms with E-state index in [1.54, 1.807) is 24.5 Å². The molecule has 2 N–H and O–H groups in total. The Morgan fingerprint density at radius 3 is 2.64 bits per heavy atom. The predicted molar refractivity (Wildman–Crippen MR) is 86.5 cm³/mol. The van der Waals surface area contributed by atoms with Crippen molar-refractivity contribution >= 4 is 6.08 Å². The normalized spacial score (nSPS) is 14.7. The van der Waals surface area contributed by atoms with Gasteiger partial charge >= 0.3 is 6.18 Å². The van der Waals surface area contributed by atoms with Crippen LogP contribution in [-0.2, 0) is 6.18 Å². The minimum absolute atomic E-state index is 0.0444. The average Bonchev–Trinajstić information content (AvgIpc) is 3.11. The number of rotatable bonds is 4. The third-order valence-electron chi connectivity index (χ3n) is 4.30. The molecule has 1 aliphatic rings. The number of aromatic amines is 2. The van der Waals surface area contributed by atoms with Gasteiger partial charge in [0.2, 0.25) is 0 Å². The summed E-state index contributed by atoms with van der Waals surface area (Å²) in [5.74, 6) is 0.325. The molecule has 1 fully saturated rings. The van der Waals surface area contributed by atoms with Crippen LogP contribution in [0.4, 0.5) is 13.2 Å². The lowest BCUT2D eigenvalue weighted by Crippen LogP contribution is -2.07. The zero-order valence-electron chi connectivity index (χ0n) is 13.1. The van der Waals surface area contributed by atoms with Crippen LogP contribution in [0.3, 0.4) is 0 Å². The van der Waals surface area contributed by atoms with Gasteiger partial charge in [0.1, 0.15) is 0 Å². The highest BCUT2D eigenvalue weighted by molar-refractivity contribution is 5.77. The zero-order chi connectivity index (χ0) is 17.6. The number of H-pyrrole nitrogens is 2.